The summed E-state index contributed by atoms with van der Waals surface area (Å²) in [7, 11) is -4.24. The van der Waals surface area contributed by atoms with E-state index < -0.39 is 50.5 Å². The van der Waals surface area contributed by atoms with Crippen molar-refractivity contribution in [1.29, 1.82) is 0 Å². The molecule has 0 saturated carbocycles. The summed E-state index contributed by atoms with van der Waals surface area (Å²) in [6.45, 7) is 0.206. The fraction of sp³-hybridized carbons (Fsp3) is 0.400. The van der Waals surface area contributed by atoms with Crippen LogP contribution in [0.1, 0.15) is 12.8 Å². The second-order valence-corrected chi connectivity index (χ2v) is 5.70. The molecule has 1 aromatic carbocycles. The molecule has 0 amide bonds. The number of nitrogens with two attached hydrogens (primary N) is 1. The minimum Gasteiger partial charge on any atom is -0.330 e. The third-order valence-electron chi connectivity index (χ3n) is 2.33. The normalized spacial score (nSPS) is 11.7. The van der Waals surface area contributed by atoms with Crippen LogP contribution < -0.4 is 10.5 Å². The molecule has 3 N–H and O–H groups in total. The van der Waals surface area contributed by atoms with Gasteiger partial charge in [-0.2, -0.15) is 0 Å². The van der Waals surface area contributed by atoms with Crippen LogP contribution in [0.15, 0.2) is 0 Å². The summed E-state index contributed by atoms with van der Waals surface area (Å²) in [4.78, 5) is 0. The zero-order valence-corrected chi connectivity index (χ0v) is 10.8. The molecule has 0 atom stereocenters. The molecule has 0 spiro atoms. The van der Waals surface area contributed by atoms with Gasteiger partial charge in [0.05, 0.1) is 5.75 Å². The van der Waals surface area contributed by atoms with Crippen molar-refractivity contribution in [2.75, 3.05) is 17.0 Å². The van der Waals surface area contributed by atoms with Crippen LogP contribution in [0.25, 0.3) is 0 Å². The zero-order chi connectivity index (χ0) is 15.5. The monoisotopic (exact) mass is 318 g/mol. The summed E-state index contributed by atoms with van der Waals surface area (Å²) < 4.78 is 89.3. The first-order valence-electron chi connectivity index (χ1n) is 5.43. The third kappa shape index (κ3) is 3.57. The Kier molecular flexibility index (Phi) is 5.28. The lowest BCUT2D eigenvalue weighted by Gasteiger charge is -2.11. The lowest BCUT2D eigenvalue weighted by Crippen LogP contribution is -2.20. The SMILES string of the molecule is NCCCCS(=O)(=O)Nc1c(F)c(F)c(F)c(F)c1F. The molecule has 0 heterocycles. The van der Waals surface area contributed by atoms with E-state index in [0.29, 0.717) is 6.42 Å². The van der Waals surface area contributed by atoms with Crippen LogP contribution in [0.2, 0.25) is 0 Å². The van der Waals surface area contributed by atoms with E-state index >= 15 is 0 Å². The van der Waals surface area contributed by atoms with Crippen molar-refractivity contribution in [2.24, 2.45) is 5.73 Å². The molecular weight excluding hydrogens is 307 g/mol. The quantitative estimate of drug-likeness (QED) is 0.364. The molecule has 4 nitrogen and oxygen atoms in total. The summed E-state index contributed by atoms with van der Waals surface area (Å²) in [6.07, 6.45) is 0.416. The van der Waals surface area contributed by atoms with E-state index in [1.165, 1.54) is 4.72 Å². The maximum Gasteiger partial charge on any atom is 0.232 e. The number of nitrogens with one attached hydrogen (secondary N) is 1. The van der Waals surface area contributed by atoms with Crippen LogP contribution in [-0.4, -0.2) is 20.7 Å². The predicted octanol–water partition coefficient (Wildman–Crippen LogP) is 1.86. The van der Waals surface area contributed by atoms with Crippen molar-refractivity contribution in [3.63, 3.8) is 0 Å². The van der Waals surface area contributed by atoms with Gasteiger partial charge in [0.15, 0.2) is 23.3 Å². The minimum atomic E-state index is -4.24. The first-order chi connectivity index (χ1) is 9.21. The van der Waals surface area contributed by atoms with Crippen LogP contribution in [0.4, 0.5) is 27.6 Å². The number of sulfonamides is 1. The van der Waals surface area contributed by atoms with Gasteiger partial charge >= 0.3 is 0 Å². The van der Waals surface area contributed by atoms with Gasteiger partial charge in [-0.3, -0.25) is 4.72 Å². The highest BCUT2D eigenvalue weighted by Gasteiger charge is 2.28. The first-order valence-corrected chi connectivity index (χ1v) is 7.08. The van der Waals surface area contributed by atoms with E-state index in [-0.39, 0.29) is 13.0 Å². The molecule has 0 aliphatic heterocycles. The van der Waals surface area contributed by atoms with Crippen molar-refractivity contribution in [1.82, 2.24) is 0 Å². The molecule has 0 radical (unpaired) electrons. The van der Waals surface area contributed by atoms with Gasteiger partial charge in [0, 0.05) is 0 Å². The van der Waals surface area contributed by atoms with E-state index in [2.05, 4.69) is 0 Å². The van der Waals surface area contributed by atoms with Crippen molar-refractivity contribution in [2.45, 2.75) is 12.8 Å². The molecule has 1 aromatic rings. The van der Waals surface area contributed by atoms with E-state index in [1.807, 2.05) is 0 Å². The molecule has 20 heavy (non-hydrogen) atoms. The van der Waals surface area contributed by atoms with Crippen LogP contribution in [0.3, 0.4) is 0 Å². The average molecular weight is 318 g/mol. The van der Waals surface area contributed by atoms with Gasteiger partial charge in [0.1, 0.15) is 5.69 Å². The summed E-state index contributed by atoms with van der Waals surface area (Å²) in [5.74, 6) is -11.8. The summed E-state index contributed by atoms with van der Waals surface area (Å²) in [6, 6.07) is 0. The lowest BCUT2D eigenvalue weighted by molar-refractivity contribution is 0.382. The second-order valence-electron chi connectivity index (χ2n) is 3.86. The van der Waals surface area contributed by atoms with Gasteiger partial charge in [-0.25, -0.2) is 30.4 Å². The summed E-state index contributed by atoms with van der Waals surface area (Å²) in [5.41, 5.74) is 3.55. The van der Waals surface area contributed by atoms with Crippen molar-refractivity contribution in [3.8, 4) is 0 Å². The fourth-order valence-corrected chi connectivity index (χ4v) is 2.51. The number of hydrogen-bond acceptors (Lipinski definition) is 3. The number of halogens is 5. The van der Waals surface area contributed by atoms with Crippen molar-refractivity contribution >= 4 is 15.7 Å². The minimum absolute atomic E-state index is 0.0846. The molecule has 0 unspecified atom stereocenters. The number of unbranched alkanes of at least 4 members (excludes halogenated alkanes) is 1. The summed E-state index contributed by atoms with van der Waals surface area (Å²) >= 11 is 0. The number of benzene rings is 1. The smallest absolute Gasteiger partial charge is 0.232 e. The van der Waals surface area contributed by atoms with Gasteiger partial charge < -0.3 is 5.73 Å². The molecular formula is C10H11F5N2O2S. The van der Waals surface area contributed by atoms with Crippen LogP contribution in [0, 0.1) is 29.1 Å². The molecule has 0 bridgehead atoms. The molecule has 0 aliphatic rings. The molecule has 1 rings (SSSR count). The molecule has 114 valence electrons. The van der Waals surface area contributed by atoms with Gasteiger partial charge in [-0.1, -0.05) is 0 Å². The lowest BCUT2D eigenvalue weighted by atomic mass is 10.2. The van der Waals surface area contributed by atoms with Gasteiger partial charge in [-0.05, 0) is 19.4 Å². The molecule has 10 heteroatoms. The van der Waals surface area contributed by atoms with E-state index in [0.717, 1.165) is 0 Å². The van der Waals surface area contributed by atoms with Crippen molar-refractivity contribution < 1.29 is 30.4 Å². The van der Waals surface area contributed by atoms with Crippen LogP contribution in [0.5, 0.6) is 0 Å². The molecule has 0 fully saturated rings. The largest absolute Gasteiger partial charge is 0.330 e. The Labute approximate surface area is 111 Å². The Morgan fingerprint density at radius 2 is 1.30 bits per heavy atom. The Hall–Kier alpha value is -1.42. The van der Waals surface area contributed by atoms with E-state index in [4.69, 9.17) is 5.73 Å². The summed E-state index contributed by atoms with van der Waals surface area (Å²) in [5, 5.41) is 0. The highest BCUT2D eigenvalue weighted by Crippen LogP contribution is 2.27. The van der Waals surface area contributed by atoms with Crippen LogP contribution in [-0.2, 0) is 10.0 Å². The molecule has 0 aromatic heterocycles. The highest BCUT2D eigenvalue weighted by atomic mass is 32.2. The topological polar surface area (TPSA) is 72.2 Å². The van der Waals surface area contributed by atoms with Gasteiger partial charge in [-0.15, -0.1) is 0 Å². The Balaban J connectivity index is 3.10. The highest BCUT2D eigenvalue weighted by molar-refractivity contribution is 7.92. The third-order valence-corrected chi connectivity index (χ3v) is 3.68. The fourth-order valence-electron chi connectivity index (χ4n) is 1.34. The standard InChI is InChI=1S/C10H11F5N2O2S/c11-5-6(12)8(14)10(9(15)7(5)13)17-20(18,19)4-2-1-3-16/h17H,1-4,16H2. The zero-order valence-electron chi connectivity index (χ0n) is 10.0. The van der Waals surface area contributed by atoms with E-state index in [1.54, 1.807) is 0 Å². The Bertz CT molecular complexity index is 577. The molecule has 0 saturated heterocycles. The maximum atomic E-state index is 13.3. The number of rotatable bonds is 6. The van der Waals surface area contributed by atoms with Crippen LogP contribution >= 0.6 is 0 Å². The van der Waals surface area contributed by atoms with E-state index in [9.17, 15) is 30.4 Å². The molecule has 0 aliphatic carbocycles. The second kappa shape index (κ2) is 6.35. The average Bonchev–Trinajstić information content (AvgIpc) is 2.39. The first kappa shape index (κ1) is 16.6. The van der Waals surface area contributed by atoms with Gasteiger partial charge in [0.2, 0.25) is 15.8 Å². The number of anilines is 1. The van der Waals surface area contributed by atoms with Crippen molar-refractivity contribution in [3.05, 3.63) is 29.1 Å². The Morgan fingerprint density at radius 1 is 0.850 bits per heavy atom. The van der Waals surface area contributed by atoms with Gasteiger partial charge in [0.25, 0.3) is 0 Å². The number of hydrogen-bond donors (Lipinski definition) is 2. The predicted molar refractivity (Wildman–Crippen MR) is 61.9 cm³/mol. The Morgan fingerprint density at radius 3 is 1.75 bits per heavy atom. The maximum absolute atomic E-state index is 13.3.